The van der Waals surface area contributed by atoms with Crippen LogP contribution in [0.15, 0.2) is 65.8 Å². The molecule has 1 heterocycles. The Bertz CT molecular complexity index is 1380. The van der Waals surface area contributed by atoms with E-state index in [-0.39, 0.29) is 30.8 Å². The van der Waals surface area contributed by atoms with Gasteiger partial charge in [-0.3, -0.25) is 4.98 Å². The summed E-state index contributed by atoms with van der Waals surface area (Å²) in [5.41, 5.74) is 8.50. The van der Waals surface area contributed by atoms with Gasteiger partial charge in [0.05, 0.1) is 36.4 Å². The van der Waals surface area contributed by atoms with Crippen molar-refractivity contribution in [2.45, 2.75) is 48.9 Å². The maximum absolute atomic E-state index is 12.8. The average molecular weight is 558 g/mol. The van der Waals surface area contributed by atoms with Gasteiger partial charge in [0.15, 0.2) is 0 Å². The summed E-state index contributed by atoms with van der Waals surface area (Å²) in [6.07, 6.45) is 7.74. The molecule has 2 saturated carbocycles. The number of halogens is 1. The van der Waals surface area contributed by atoms with Crippen molar-refractivity contribution in [3.63, 3.8) is 0 Å². The zero-order valence-electron chi connectivity index (χ0n) is 21.1. The highest BCUT2D eigenvalue weighted by atomic mass is 35.5. The molecule has 0 spiro atoms. The number of ether oxygens (including phenoxy) is 3. The predicted molar refractivity (Wildman–Crippen MR) is 146 cm³/mol. The fourth-order valence-electron chi connectivity index (χ4n) is 4.32. The maximum atomic E-state index is 12.8. The molecule has 10 heteroatoms. The molecule has 0 bridgehead atoms. The number of pyridine rings is 1. The smallest absolute Gasteiger partial charge is 0.240 e. The van der Waals surface area contributed by atoms with Crippen molar-refractivity contribution in [2.24, 2.45) is 5.73 Å². The van der Waals surface area contributed by atoms with E-state index in [2.05, 4.69) is 15.8 Å². The second-order valence-corrected chi connectivity index (χ2v) is 11.7. The van der Waals surface area contributed by atoms with Crippen LogP contribution in [0, 0.1) is 0 Å². The molecule has 0 atom stereocenters. The summed E-state index contributed by atoms with van der Waals surface area (Å²) in [5, 5.41) is 0.445. The lowest BCUT2D eigenvalue weighted by atomic mass is 9.96. The van der Waals surface area contributed by atoms with Gasteiger partial charge in [0.25, 0.3) is 0 Å². The highest BCUT2D eigenvalue weighted by Crippen LogP contribution is 2.53. The van der Waals surface area contributed by atoms with Gasteiger partial charge in [-0.15, -0.1) is 0 Å². The summed E-state index contributed by atoms with van der Waals surface area (Å²) in [6, 6.07) is 14.7. The quantitative estimate of drug-likeness (QED) is 0.282. The van der Waals surface area contributed by atoms with Gasteiger partial charge in [-0.05, 0) is 67.1 Å². The van der Waals surface area contributed by atoms with Crippen LogP contribution in [0.3, 0.4) is 0 Å². The number of aromatic nitrogens is 1. The topological polar surface area (TPSA) is 113 Å². The van der Waals surface area contributed by atoms with Gasteiger partial charge >= 0.3 is 0 Å². The summed E-state index contributed by atoms with van der Waals surface area (Å²) >= 11 is 6.45. The lowest BCUT2D eigenvalue weighted by Crippen LogP contribution is -2.28. The second-order valence-electron chi connectivity index (χ2n) is 9.57. The summed E-state index contributed by atoms with van der Waals surface area (Å²) in [5.74, 6) is 0.861. The molecule has 1 aromatic heterocycles. The van der Waals surface area contributed by atoms with E-state index in [1.165, 1.54) is 6.07 Å². The molecule has 202 valence electrons. The van der Waals surface area contributed by atoms with Crippen LogP contribution in [0.1, 0.15) is 36.8 Å². The van der Waals surface area contributed by atoms with Crippen LogP contribution in [0.25, 0.3) is 11.1 Å². The molecule has 2 aromatic carbocycles. The van der Waals surface area contributed by atoms with Gasteiger partial charge in [-0.25, -0.2) is 13.1 Å². The number of hydrogen-bond acceptors (Lipinski definition) is 7. The molecule has 2 aliphatic rings. The fourth-order valence-corrected chi connectivity index (χ4v) is 5.55. The van der Waals surface area contributed by atoms with E-state index in [0.29, 0.717) is 23.7 Å². The van der Waals surface area contributed by atoms with Crippen LogP contribution in [-0.2, 0) is 31.7 Å². The Balaban J connectivity index is 1.33. The first-order valence-electron chi connectivity index (χ1n) is 12.8. The molecular weight excluding hydrogens is 526 g/mol. The third kappa shape index (κ3) is 6.36. The number of para-hydroxylation sites is 1. The van der Waals surface area contributed by atoms with Crippen molar-refractivity contribution >= 4 is 21.6 Å². The molecule has 38 heavy (non-hydrogen) atoms. The number of sulfonamides is 1. The summed E-state index contributed by atoms with van der Waals surface area (Å²) in [6.45, 7) is 1.32. The third-order valence-electron chi connectivity index (χ3n) is 6.64. The van der Waals surface area contributed by atoms with Crippen LogP contribution >= 0.6 is 11.6 Å². The van der Waals surface area contributed by atoms with E-state index in [0.717, 1.165) is 48.1 Å². The Kier molecular flexibility index (Phi) is 8.32. The van der Waals surface area contributed by atoms with Crippen molar-refractivity contribution < 1.29 is 22.6 Å². The Morgan fingerprint density at radius 3 is 2.66 bits per heavy atom. The molecule has 2 fully saturated rings. The maximum Gasteiger partial charge on any atom is 0.240 e. The van der Waals surface area contributed by atoms with Gasteiger partial charge in [0.2, 0.25) is 10.0 Å². The first-order chi connectivity index (χ1) is 18.4. The van der Waals surface area contributed by atoms with Crippen LogP contribution in [0.4, 0.5) is 0 Å². The number of nitrogens with two attached hydrogens (primary N) is 1. The molecule has 0 amide bonds. The molecule has 3 N–H and O–H groups in total. The highest BCUT2D eigenvalue weighted by molar-refractivity contribution is 7.89. The van der Waals surface area contributed by atoms with Crippen molar-refractivity contribution in [1.82, 2.24) is 9.71 Å². The Hall–Kier alpha value is -2.53. The first-order valence-corrected chi connectivity index (χ1v) is 14.7. The zero-order valence-corrected chi connectivity index (χ0v) is 22.6. The van der Waals surface area contributed by atoms with Gasteiger partial charge in [-0.2, -0.15) is 0 Å². The van der Waals surface area contributed by atoms with E-state index in [1.54, 1.807) is 18.3 Å². The number of nitrogens with one attached hydrogen (secondary N) is 1. The molecule has 0 radical (unpaired) electrons. The Morgan fingerprint density at radius 2 is 1.89 bits per heavy atom. The largest absolute Gasteiger partial charge is 0.490 e. The van der Waals surface area contributed by atoms with Gasteiger partial charge in [0.1, 0.15) is 5.75 Å². The van der Waals surface area contributed by atoms with Crippen molar-refractivity contribution in [3.8, 4) is 16.9 Å². The number of rotatable bonds is 14. The predicted octanol–water partition coefficient (Wildman–Crippen LogP) is 4.40. The monoisotopic (exact) mass is 557 g/mol. The molecule has 0 saturated heterocycles. The van der Waals surface area contributed by atoms with Crippen LogP contribution in [0.5, 0.6) is 5.75 Å². The summed E-state index contributed by atoms with van der Waals surface area (Å²) < 4.78 is 46.0. The second kappa shape index (κ2) is 11.7. The van der Waals surface area contributed by atoms with E-state index < -0.39 is 15.6 Å². The Morgan fingerprint density at radius 1 is 1.08 bits per heavy atom. The number of nitrogens with zero attached hydrogens (tertiary/aromatic N) is 1. The molecular formula is C28H32ClN3O5S. The minimum atomic E-state index is -3.73. The van der Waals surface area contributed by atoms with E-state index in [1.807, 2.05) is 30.5 Å². The van der Waals surface area contributed by atoms with Crippen molar-refractivity contribution in [1.29, 1.82) is 0 Å². The standard InChI is InChI=1S/C28H32ClN3O5S/c29-26-8-7-22(38(33,34)32-14-16-35-15-12-30)17-20(26)19-36-28(10-11-28)25-18-31-13-9-23(25)24-3-1-2-4-27(24)37-21-5-6-21/h1-4,7-9,13,17-18,21,32H,5-6,10-12,14-16,19,30H2. The number of benzene rings is 2. The highest BCUT2D eigenvalue weighted by Gasteiger charge is 2.47. The zero-order chi connectivity index (χ0) is 26.6. The molecule has 2 aliphatic carbocycles. The lowest BCUT2D eigenvalue weighted by molar-refractivity contribution is 0.0173. The van der Waals surface area contributed by atoms with Gasteiger partial charge in [-0.1, -0.05) is 29.8 Å². The van der Waals surface area contributed by atoms with E-state index in [9.17, 15) is 8.42 Å². The van der Waals surface area contributed by atoms with E-state index >= 15 is 0 Å². The minimum Gasteiger partial charge on any atom is -0.490 e. The molecule has 0 aliphatic heterocycles. The van der Waals surface area contributed by atoms with E-state index in [4.69, 9.17) is 31.5 Å². The number of hydrogen-bond donors (Lipinski definition) is 2. The fraction of sp³-hybridized carbons (Fsp3) is 0.393. The molecule has 3 aromatic rings. The van der Waals surface area contributed by atoms with Crippen LogP contribution < -0.4 is 15.2 Å². The van der Waals surface area contributed by atoms with Crippen LogP contribution in [-0.4, -0.2) is 45.8 Å². The molecule has 8 nitrogen and oxygen atoms in total. The normalized spacial score (nSPS) is 16.4. The van der Waals surface area contributed by atoms with Crippen LogP contribution in [0.2, 0.25) is 5.02 Å². The van der Waals surface area contributed by atoms with Gasteiger partial charge < -0.3 is 19.9 Å². The SMILES string of the molecule is NCCOCCNS(=O)(=O)c1ccc(Cl)c(COC2(c3cnccc3-c3ccccc3OC3CC3)CC2)c1. The van der Waals surface area contributed by atoms with Crippen molar-refractivity contribution in [3.05, 3.63) is 77.1 Å². The minimum absolute atomic E-state index is 0.123. The van der Waals surface area contributed by atoms with Crippen molar-refractivity contribution in [2.75, 3.05) is 26.3 Å². The first kappa shape index (κ1) is 27.1. The lowest BCUT2D eigenvalue weighted by Gasteiger charge is -2.22. The summed E-state index contributed by atoms with van der Waals surface area (Å²) in [7, 11) is -3.73. The Labute approximate surface area is 228 Å². The van der Waals surface area contributed by atoms with Gasteiger partial charge in [0, 0.05) is 41.6 Å². The summed E-state index contributed by atoms with van der Waals surface area (Å²) in [4.78, 5) is 4.52. The third-order valence-corrected chi connectivity index (χ3v) is 8.47. The molecule has 5 rings (SSSR count). The average Bonchev–Trinajstić information content (AvgIpc) is 3.86. The molecule has 0 unspecified atom stereocenters.